The molecule has 3 heterocycles. The molecular weight excluding hydrogens is 352 g/mol. The molecule has 1 unspecified atom stereocenters. The molecule has 140 valence electrons. The summed E-state index contributed by atoms with van der Waals surface area (Å²) in [7, 11) is 0. The lowest BCUT2D eigenvalue weighted by Gasteiger charge is -2.28. The second-order valence-corrected chi connectivity index (χ2v) is 6.14. The molecule has 0 bridgehead atoms. The van der Waals surface area contributed by atoms with E-state index >= 15 is 0 Å². The van der Waals surface area contributed by atoms with E-state index in [0.717, 1.165) is 0 Å². The number of nitrogen functional groups attached to an aromatic ring is 1. The summed E-state index contributed by atoms with van der Waals surface area (Å²) in [6.45, 7) is 3.80. The zero-order valence-corrected chi connectivity index (χ0v) is 14.8. The van der Waals surface area contributed by atoms with E-state index in [1.807, 2.05) is 0 Å². The predicted molar refractivity (Wildman–Crippen MR) is 96.6 cm³/mol. The number of carbonyl (C=O) groups excluding carboxylic acids is 1. The van der Waals surface area contributed by atoms with Crippen molar-refractivity contribution in [3.05, 3.63) is 50.9 Å². The molecule has 0 radical (unpaired) electrons. The summed E-state index contributed by atoms with van der Waals surface area (Å²) >= 11 is 0. The summed E-state index contributed by atoms with van der Waals surface area (Å²) < 4.78 is 16.0. The van der Waals surface area contributed by atoms with Crippen LogP contribution in [0, 0.1) is 0 Å². The Labute approximate surface area is 154 Å². The largest absolute Gasteiger partial charge is 0.463 e. The number of aromatic amines is 1. The van der Waals surface area contributed by atoms with Gasteiger partial charge in [-0.1, -0.05) is 6.07 Å². The molecular formula is C18H18N4O5. The number of nitrogens with zero attached hydrogens (tertiary/aromatic N) is 1. The maximum Gasteiger partial charge on any atom is 0.336 e. The third kappa shape index (κ3) is 2.77. The lowest BCUT2D eigenvalue weighted by atomic mass is 9.82. The first-order chi connectivity index (χ1) is 13.0. The molecule has 0 saturated carbocycles. The van der Waals surface area contributed by atoms with Crippen LogP contribution in [-0.2, 0) is 9.53 Å². The number of H-pyrrole nitrogens is 1. The van der Waals surface area contributed by atoms with Gasteiger partial charge in [-0.05, 0) is 31.5 Å². The number of allylic oxidation sites excluding steroid dienone is 1. The molecule has 0 saturated heterocycles. The van der Waals surface area contributed by atoms with Crippen molar-refractivity contribution in [3.63, 3.8) is 0 Å². The first kappa shape index (κ1) is 17.0. The molecule has 9 nitrogen and oxygen atoms in total. The van der Waals surface area contributed by atoms with Crippen molar-refractivity contribution in [2.45, 2.75) is 19.8 Å². The topological polar surface area (TPSA) is 129 Å². The molecule has 0 aliphatic carbocycles. The molecule has 0 fully saturated rings. The fraction of sp³-hybridized carbons (Fsp3) is 0.278. The van der Waals surface area contributed by atoms with E-state index in [0.29, 0.717) is 34.2 Å². The van der Waals surface area contributed by atoms with Crippen molar-refractivity contribution in [1.82, 2.24) is 9.97 Å². The monoisotopic (exact) mass is 370 g/mol. The van der Waals surface area contributed by atoms with E-state index in [1.54, 1.807) is 32.0 Å². The minimum atomic E-state index is -0.688. The van der Waals surface area contributed by atoms with Gasteiger partial charge >= 0.3 is 5.97 Å². The van der Waals surface area contributed by atoms with Gasteiger partial charge in [0.15, 0.2) is 11.5 Å². The van der Waals surface area contributed by atoms with Crippen molar-refractivity contribution >= 4 is 17.7 Å². The molecule has 0 amide bonds. The van der Waals surface area contributed by atoms with E-state index in [2.05, 4.69) is 15.3 Å². The SMILES string of the molecule is CCOC(=O)C1=C(C)Nc2nc(N)[nH]c(=O)c2C1c1ccc2c(c1)OCO2. The number of ether oxygens (including phenoxy) is 3. The van der Waals surface area contributed by atoms with Crippen LogP contribution < -0.4 is 26.1 Å². The molecule has 4 N–H and O–H groups in total. The van der Waals surface area contributed by atoms with Crippen LogP contribution >= 0.6 is 0 Å². The number of hydrogen-bond acceptors (Lipinski definition) is 8. The van der Waals surface area contributed by atoms with Gasteiger partial charge in [0.2, 0.25) is 12.7 Å². The quantitative estimate of drug-likeness (QED) is 0.693. The Morgan fingerprint density at radius 3 is 2.93 bits per heavy atom. The Morgan fingerprint density at radius 2 is 2.15 bits per heavy atom. The van der Waals surface area contributed by atoms with Crippen LogP contribution in [0.3, 0.4) is 0 Å². The normalized spacial score (nSPS) is 17.3. The maximum absolute atomic E-state index is 12.7. The fourth-order valence-corrected chi connectivity index (χ4v) is 3.37. The molecule has 4 rings (SSSR count). The van der Waals surface area contributed by atoms with Crippen molar-refractivity contribution < 1.29 is 19.0 Å². The van der Waals surface area contributed by atoms with Gasteiger partial charge in [-0.15, -0.1) is 0 Å². The second-order valence-electron chi connectivity index (χ2n) is 6.14. The number of fused-ring (bicyclic) bond motifs is 2. The van der Waals surface area contributed by atoms with Gasteiger partial charge in [0.05, 0.1) is 23.7 Å². The lowest BCUT2D eigenvalue weighted by Crippen LogP contribution is -2.31. The number of anilines is 2. The van der Waals surface area contributed by atoms with E-state index in [4.69, 9.17) is 19.9 Å². The standard InChI is InChI=1S/C18H18N4O5/c1-3-25-17(24)12-8(2)20-15-14(16(23)22-18(19)21-15)13(12)9-4-5-10-11(6-9)27-7-26-10/h4-6,13H,3,7H2,1-2H3,(H4,19,20,21,22,23). The summed E-state index contributed by atoms with van der Waals surface area (Å²) in [5.41, 5.74) is 7.10. The van der Waals surface area contributed by atoms with Crippen LogP contribution in [0.4, 0.5) is 11.8 Å². The summed E-state index contributed by atoms with van der Waals surface area (Å²) in [4.78, 5) is 32.0. The summed E-state index contributed by atoms with van der Waals surface area (Å²) in [6, 6.07) is 5.29. The van der Waals surface area contributed by atoms with Crippen molar-refractivity contribution in [1.29, 1.82) is 0 Å². The zero-order valence-electron chi connectivity index (χ0n) is 14.8. The summed E-state index contributed by atoms with van der Waals surface area (Å²) in [5, 5.41) is 2.99. The third-order valence-electron chi connectivity index (χ3n) is 4.49. The zero-order chi connectivity index (χ0) is 19.1. The molecule has 2 aliphatic rings. The van der Waals surface area contributed by atoms with Crippen LogP contribution in [0.2, 0.25) is 0 Å². The van der Waals surface area contributed by atoms with Gasteiger partial charge in [0, 0.05) is 5.70 Å². The Hall–Kier alpha value is -3.49. The van der Waals surface area contributed by atoms with Crippen molar-refractivity contribution in [2.75, 3.05) is 24.5 Å². The third-order valence-corrected chi connectivity index (χ3v) is 4.49. The molecule has 1 aromatic carbocycles. The van der Waals surface area contributed by atoms with E-state index in [9.17, 15) is 9.59 Å². The fourth-order valence-electron chi connectivity index (χ4n) is 3.37. The second kappa shape index (κ2) is 6.35. The predicted octanol–water partition coefficient (Wildman–Crippen LogP) is 1.48. The first-order valence-corrected chi connectivity index (χ1v) is 8.43. The molecule has 2 aliphatic heterocycles. The Morgan fingerprint density at radius 1 is 1.37 bits per heavy atom. The Balaban J connectivity index is 1.94. The minimum Gasteiger partial charge on any atom is -0.463 e. The molecule has 27 heavy (non-hydrogen) atoms. The van der Waals surface area contributed by atoms with Gasteiger partial charge < -0.3 is 25.3 Å². The number of rotatable bonds is 3. The Bertz CT molecular complexity index is 1030. The average molecular weight is 370 g/mol. The van der Waals surface area contributed by atoms with E-state index < -0.39 is 17.4 Å². The number of benzene rings is 1. The highest BCUT2D eigenvalue weighted by atomic mass is 16.7. The number of hydrogen-bond donors (Lipinski definition) is 3. The van der Waals surface area contributed by atoms with Crippen LogP contribution in [0.1, 0.15) is 30.9 Å². The summed E-state index contributed by atoms with van der Waals surface area (Å²) in [6.07, 6.45) is 0. The minimum absolute atomic E-state index is 0.0110. The Kier molecular flexibility index (Phi) is 3.98. The van der Waals surface area contributed by atoms with Crippen LogP contribution in [0.15, 0.2) is 34.3 Å². The van der Waals surface area contributed by atoms with Crippen molar-refractivity contribution in [2.24, 2.45) is 0 Å². The lowest BCUT2D eigenvalue weighted by molar-refractivity contribution is -0.138. The highest BCUT2D eigenvalue weighted by Crippen LogP contribution is 2.43. The number of esters is 1. The van der Waals surface area contributed by atoms with Gasteiger partial charge in [0.25, 0.3) is 5.56 Å². The number of carbonyl (C=O) groups is 1. The van der Waals surface area contributed by atoms with Crippen molar-refractivity contribution in [3.8, 4) is 11.5 Å². The van der Waals surface area contributed by atoms with Gasteiger partial charge in [-0.25, -0.2) is 4.79 Å². The highest BCUT2D eigenvalue weighted by molar-refractivity contribution is 5.94. The van der Waals surface area contributed by atoms with Gasteiger partial charge in [-0.3, -0.25) is 9.78 Å². The first-order valence-electron chi connectivity index (χ1n) is 8.43. The van der Waals surface area contributed by atoms with E-state index in [-0.39, 0.29) is 24.9 Å². The summed E-state index contributed by atoms with van der Waals surface area (Å²) in [5.74, 6) is 0.259. The average Bonchev–Trinajstić information content (AvgIpc) is 3.07. The number of aromatic nitrogens is 2. The smallest absolute Gasteiger partial charge is 0.336 e. The van der Waals surface area contributed by atoms with Crippen LogP contribution in [0.5, 0.6) is 11.5 Å². The van der Waals surface area contributed by atoms with Crippen LogP contribution in [-0.4, -0.2) is 29.3 Å². The molecule has 0 spiro atoms. The highest BCUT2D eigenvalue weighted by Gasteiger charge is 2.37. The number of nitrogens with one attached hydrogen (secondary N) is 2. The number of nitrogens with two attached hydrogens (primary N) is 1. The molecule has 2 aromatic rings. The van der Waals surface area contributed by atoms with E-state index in [1.165, 1.54) is 0 Å². The molecule has 1 atom stereocenters. The maximum atomic E-state index is 12.7. The van der Waals surface area contributed by atoms with Gasteiger partial charge in [-0.2, -0.15) is 4.98 Å². The van der Waals surface area contributed by atoms with Gasteiger partial charge in [0.1, 0.15) is 5.82 Å². The molecule has 9 heteroatoms. The van der Waals surface area contributed by atoms with Crippen LogP contribution in [0.25, 0.3) is 0 Å². The molecule has 1 aromatic heterocycles.